The lowest BCUT2D eigenvalue weighted by Crippen LogP contribution is -2.48. The largest absolute Gasteiger partial charge is 0.377 e. The maximum Gasteiger partial charge on any atom is 0.137 e. The minimum Gasteiger partial charge on any atom is -0.377 e. The molecule has 112 valence electrons. The molecule has 20 heavy (non-hydrogen) atoms. The van der Waals surface area contributed by atoms with Gasteiger partial charge in [-0.2, -0.15) is 0 Å². The van der Waals surface area contributed by atoms with E-state index in [0.29, 0.717) is 5.92 Å². The summed E-state index contributed by atoms with van der Waals surface area (Å²) < 4.78 is 5.69. The van der Waals surface area contributed by atoms with E-state index in [4.69, 9.17) is 4.74 Å². The van der Waals surface area contributed by atoms with Gasteiger partial charge in [0.05, 0.1) is 5.60 Å². The van der Waals surface area contributed by atoms with Crippen LogP contribution in [0.1, 0.15) is 45.1 Å². The Kier molecular flexibility index (Phi) is 4.48. The van der Waals surface area contributed by atoms with Gasteiger partial charge >= 0.3 is 0 Å². The average molecular weight is 278 g/mol. The Balaban J connectivity index is 2.37. The third-order valence-corrected chi connectivity index (χ3v) is 4.13. The molecule has 1 aliphatic heterocycles. The second-order valence-electron chi connectivity index (χ2n) is 6.04. The molecule has 1 aliphatic rings. The van der Waals surface area contributed by atoms with Crippen molar-refractivity contribution in [2.24, 2.45) is 0 Å². The number of hydrogen-bond donors (Lipinski definition) is 1. The lowest BCUT2D eigenvalue weighted by atomic mass is 9.93. The summed E-state index contributed by atoms with van der Waals surface area (Å²) in [6.07, 6.45) is 3.87. The first kappa shape index (κ1) is 15.0. The molecule has 5 heteroatoms. The average Bonchev–Trinajstić information content (AvgIpc) is 2.46. The fourth-order valence-corrected chi connectivity index (χ4v) is 2.92. The van der Waals surface area contributed by atoms with Crippen LogP contribution in [0.3, 0.4) is 0 Å². The van der Waals surface area contributed by atoms with Crippen molar-refractivity contribution >= 4 is 11.6 Å². The first-order chi connectivity index (χ1) is 9.50. The molecule has 0 radical (unpaired) electrons. The molecule has 1 aromatic heterocycles. The molecule has 1 aromatic rings. The number of ether oxygens (including phenoxy) is 1. The fraction of sp³-hybridized carbons (Fsp3) is 0.733. The number of nitrogens with one attached hydrogen (secondary N) is 1. The van der Waals surface area contributed by atoms with Crippen molar-refractivity contribution in [3.05, 3.63) is 11.9 Å². The molecule has 1 N–H and O–H groups in total. The predicted octanol–water partition coefficient (Wildman–Crippen LogP) is 2.65. The van der Waals surface area contributed by atoms with Crippen LogP contribution >= 0.6 is 0 Å². The van der Waals surface area contributed by atoms with Crippen LogP contribution in [0, 0.1) is 0 Å². The Morgan fingerprint density at radius 1 is 1.40 bits per heavy atom. The van der Waals surface area contributed by atoms with Gasteiger partial charge in [-0.3, -0.25) is 0 Å². The van der Waals surface area contributed by atoms with Crippen molar-refractivity contribution in [1.29, 1.82) is 0 Å². The minimum atomic E-state index is -0.0861. The standard InChI is InChI=1S/C15H26N4O/c1-11(2)12-13(16-4)17-10-18-14(12)19-8-6-7-15(3,9-19)20-5/h10-11H,6-9H2,1-5H3,(H,16,17,18). The number of hydrogen-bond acceptors (Lipinski definition) is 5. The van der Waals surface area contributed by atoms with Gasteiger partial charge in [0, 0.05) is 32.8 Å². The molecule has 0 saturated carbocycles. The second kappa shape index (κ2) is 5.95. The van der Waals surface area contributed by atoms with Crippen molar-refractivity contribution in [1.82, 2.24) is 9.97 Å². The van der Waals surface area contributed by atoms with E-state index in [1.807, 2.05) is 7.05 Å². The minimum absolute atomic E-state index is 0.0861. The van der Waals surface area contributed by atoms with Crippen LogP contribution in [-0.4, -0.2) is 42.8 Å². The molecule has 2 heterocycles. The number of aromatic nitrogens is 2. The lowest BCUT2D eigenvalue weighted by molar-refractivity contribution is -0.00485. The van der Waals surface area contributed by atoms with Crippen LogP contribution in [0.4, 0.5) is 11.6 Å². The van der Waals surface area contributed by atoms with Gasteiger partial charge in [-0.05, 0) is 25.7 Å². The highest BCUT2D eigenvalue weighted by Gasteiger charge is 2.33. The highest BCUT2D eigenvalue weighted by Crippen LogP contribution is 2.34. The normalized spacial score (nSPS) is 23.2. The van der Waals surface area contributed by atoms with E-state index in [9.17, 15) is 0 Å². The lowest BCUT2D eigenvalue weighted by Gasteiger charge is -2.41. The van der Waals surface area contributed by atoms with E-state index in [1.165, 1.54) is 5.56 Å². The van der Waals surface area contributed by atoms with Crippen molar-refractivity contribution in [2.45, 2.75) is 45.1 Å². The predicted molar refractivity (Wildman–Crippen MR) is 82.5 cm³/mol. The molecule has 5 nitrogen and oxygen atoms in total. The zero-order valence-corrected chi connectivity index (χ0v) is 13.2. The molecule has 0 spiro atoms. The van der Waals surface area contributed by atoms with Crippen molar-refractivity contribution in [3.63, 3.8) is 0 Å². The summed E-state index contributed by atoms with van der Waals surface area (Å²) in [6.45, 7) is 8.45. The van der Waals surface area contributed by atoms with Gasteiger partial charge in [-0.25, -0.2) is 9.97 Å². The molecule has 1 unspecified atom stereocenters. The maximum absolute atomic E-state index is 5.69. The SMILES string of the molecule is CNc1ncnc(N2CCCC(C)(OC)C2)c1C(C)C. The zero-order chi connectivity index (χ0) is 14.8. The van der Waals surface area contributed by atoms with Gasteiger partial charge in [0.25, 0.3) is 0 Å². The second-order valence-corrected chi connectivity index (χ2v) is 6.04. The number of methoxy groups -OCH3 is 1. The third kappa shape index (κ3) is 2.87. The van der Waals surface area contributed by atoms with Crippen LogP contribution in [0.25, 0.3) is 0 Å². The summed E-state index contributed by atoms with van der Waals surface area (Å²) >= 11 is 0. The summed E-state index contributed by atoms with van der Waals surface area (Å²) in [6, 6.07) is 0. The van der Waals surface area contributed by atoms with E-state index >= 15 is 0 Å². The van der Waals surface area contributed by atoms with Crippen molar-refractivity contribution < 1.29 is 4.74 Å². The van der Waals surface area contributed by atoms with Crippen LogP contribution in [0.5, 0.6) is 0 Å². The Bertz CT molecular complexity index is 463. The monoisotopic (exact) mass is 278 g/mol. The van der Waals surface area contributed by atoms with Crippen LogP contribution < -0.4 is 10.2 Å². The number of rotatable bonds is 4. The molecule has 0 bridgehead atoms. The van der Waals surface area contributed by atoms with E-state index < -0.39 is 0 Å². The first-order valence-electron chi connectivity index (χ1n) is 7.33. The third-order valence-electron chi connectivity index (χ3n) is 4.13. The van der Waals surface area contributed by atoms with Crippen LogP contribution in [0.15, 0.2) is 6.33 Å². The topological polar surface area (TPSA) is 50.3 Å². The van der Waals surface area contributed by atoms with Gasteiger partial charge in [0.2, 0.25) is 0 Å². The number of nitrogens with zero attached hydrogens (tertiary/aromatic N) is 3. The van der Waals surface area contributed by atoms with Gasteiger partial charge in [-0.1, -0.05) is 13.8 Å². The summed E-state index contributed by atoms with van der Waals surface area (Å²) in [5.74, 6) is 2.35. The molecule has 1 atom stereocenters. The van der Waals surface area contributed by atoms with E-state index in [-0.39, 0.29) is 5.60 Å². The maximum atomic E-state index is 5.69. The van der Waals surface area contributed by atoms with Gasteiger partial charge in [0.15, 0.2) is 0 Å². The molecular weight excluding hydrogens is 252 g/mol. The fourth-order valence-electron chi connectivity index (χ4n) is 2.92. The number of piperidine rings is 1. The molecule has 1 saturated heterocycles. The quantitative estimate of drug-likeness (QED) is 0.917. The van der Waals surface area contributed by atoms with Crippen molar-refractivity contribution in [2.75, 3.05) is 37.5 Å². The molecule has 2 rings (SSSR count). The molecule has 0 aromatic carbocycles. The summed E-state index contributed by atoms with van der Waals surface area (Å²) in [7, 11) is 3.71. The first-order valence-corrected chi connectivity index (χ1v) is 7.33. The molecule has 1 fully saturated rings. The van der Waals surface area contributed by atoms with Gasteiger partial charge < -0.3 is 15.0 Å². The summed E-state index contributed by atoms with van der Waals surface area (Å²) in [4.78, 5) is 11.2. The molecule has 0 amide bonds. The highest BCUT2D eigenvalue weighted by molar-refractivity contribution is 5.60. The Hall–Kier alpha value is -1.36. The van der Waals surface area contributed by atoms with Crippen LogP contribution in [0.2, 0.25) is 0 Å². The molecular formula is C15H26N4O. The van der Waals surface area contributed by atoms with E-state index in [2.05, 4.69) is 41.0 Å². The number of anilines is 2. The van der Waals surface area contributed by atoms with E-state index in [0.717, 1.165) is 37.6 Å². The molecule has 0 aliphatic carbocycles. The Morgan fingerprint density at radius 3 is 2.75 bits per heavy atom. The summed E-state index contributed by atoms with van der Waals surface area (Å²) in [5.41, 5.74) is 1.10. The summed E-state index contributed by atoms with van der Waals surface area (Å²) in [5, 5.41) is 3.18. The van der Waals surface area contributed by atoms with Crippen LogP contribution in [-0.2, 0) is 4.74 Å². The van der Waals surface area contributed by atoms with E-state index in [1.54, 1.807) is 13.4 Å². The highest BCUT2D eigenvalue weighted by atomic mass is 16.5. The Labute approximate surface area is 121 Å². The zero-order valence-electron chi connectivity index (χ0n) is 13.2. The smallest absolute Gasteiger partial charge is 0.137 e. The van der Waals surface area contributed by atoms with Gasteiger partial charge in [-0.15, -0.1) is 0 Å². The van der Waals surface area contributed by atoms with Gasteiger partial charge in [0.1, 0.15) is 18.0 Å². The Morgan fingerprint density at radius 2 is 2.15 bits per heavy atom. The van der Waals surface area contributed by atoms with Crippen molar-refractivity contribution in [3.8, 4) is 0 Å².